The molecule has 1 saturated heterocycles. The molecular formula is C22H33IN6. The van der Waals surface area contributed by atoms with E-state index in [-0.39, 0.29) is 24.0 Å². The number of benzene rings is 1. The van der Waals surface area contributed by atoms with Crippen molar-refractivity contribution in [1.29, 1.82) is 0 Å². The smallest absolute Gasteiger partial charge is 0.191 e. The van der Waals surface area contributed by atoms with Crippen molar-refractivity contribution < 1.29 is 0 Å². The average Bonchev–Trinajstić information content (AvgIpc) is 3.14. The van der Waals surface area contributed by atoms with Crippen molar-refractivity contribution in [2.45, 2.75) is 38.9 Å². The van der Waals surface area contributed by atoms with Gasteiger partial charge in [0.1, 0.15) is 5.82 Å². The maximum absolute atomic E-state index is 4.51. The molecule has 1 fully saturated rings. The first kappa shape index (κ1) is 23.4. The minimum Gasteiger partial charge on any atom is -0.354 e. The topological polar surface area (TPSA) is 57.5 Å². The van der Waals surface area contributed by atoms with E-state index in [0.29, 0.717) is 12.6 Å². The van der Waals surface area contributed by atoms with Crippen LogP contribution in [0.3, 0.4) is 0 Å². The summed E-state index contributed by atoms with van der Waals surface area (Å²) in [5.74, 6) is 1.84. The number of imidazole rings is 1. The summed E-state index contributed by atoms with van der Waals surface area (Å²) in [6.07, 6.45) is 6.12. The number of likely N-dealkylation sites (tertiary alicyclic amines) is 1. The molecule has 0 amide bonds. The van der Waals surface area contributed by atoms with Crippen LogP contribution in [0.5, 0.6) is 0 Å². The van der Waals surface area contributed by atoms with Crippen molar-refractivity contribution in [3.63, 3.8) is 0 Å². The molecule has 0 spiro atoms. The Morgan fingerprint density at radius 3 is 2.62 bits per heavy atom. The average molecular weight is 508 g/mol. The Morgan fingerprint density at radius 1 is 1.24 bits per heavy atom. The quantitative estimate of drug-likeness (QED) is 0.261. The molecule has 0 saturated carbocycles. The fourth-order valence-electron chi connectivity index (χ4n) is 3.60. The molecule has 3 rings (SSSR count). The van der Waals surface area contributed by atoms with Gasteiger partial charge in [0.2, 0.25) is 0 Å². The second-order valence-electron chi connectivity index (χ2n) is 7.53. The van der Waals surface area contributed by atoms with E-state index in [1.165, 1.54) is 11.1 Å². The molecule has 1 aliphatic rings. The summed E-state index contributed by atoms with van der Waals surface area (Å²) in [6.45, 7) is 10.8. The maximum Gasteiger partial charge on any atom is 0.191 e. The normalized spacial score (nSPS) is 15.6. The molecule has 0 unspecified atom stereocenters. The van der Waals surface area contributed by atoms with Gasteiger partial charge in [0.05, 0.1) is 6.54 Å². The SMILES string of the molecule is C=C(C)CN1CCC(NC(=NC)NCc2nccn2Cc2ccccc2)CC1.I. The van der Waals surface area contributed by atoms with E-state index < -0.39 is 0 Å². The first-order chi connectivity index (χ1) is 13.6. The van der Waals surface area contributed by atoms with Crippen molar-refractivity contribution in [3.8, 4) is 0 Å². The zero-order valence-corrected chi connectivity index (χ0v) is 19.8. The maximum atomic E-state index is 4.51. The molecule has 1 aliphatic heterocycles. The molecule has 0 atom stereocenters. The highest BCUT2D eigenvalue weighted by Crippen LogP contribution is 2.11. The minimum absolute atomic E-state index is 0. The van der Waals surface area contributed by atoms with Crippen LogP contribution in [0.2, 0.25) is 0 Å². The van der Waals surface area contributed by atoms with Crippen molar-refractivity contribution in [2.75, 3.05) is 26.7 Å². The van der Waals surface area contributed by atoms with Gasteiger partial charge in [0, 0.05) is 51.7 Å². The summed E-state index contributed by atoms with van der Waals surface area (Å²) >= 11 is 0. The number of nitrogens with one attached hydrogen (secondary N) is 2. The van der Waals surface area contributed by atoms with E-state index in [0.717, 1.165) is 50.8 Å². The van der Waals surface area contributed by atoms with E-state index in [1.54, 1.807) is 0 Å². The lowest BCUT2D eigenvalue weighted by Crippen LogP contribution is -2.48. The minimum atomic E-state index is 0. The van der Waals surface area contributed by atoms with Crippen molar-refractivity contribution >= 4 is 29.9 Å². The third kappa shape index (κ3) is 7.47. The van der Waals surface area contributed by atoms with Crippen LogP contribution in [0.4, 0.5) is 0 Å². The number of aliphatic imine (C=N–C) groups is 1. The molecule has 2 aromatic rings. The number of halogens is 1. The number of piperidine rings is 1. The molecule has 158 valence electrons. The van der Waals surface area contributed by atoms with E-state index in [4.69, 9.17) is 0 Å². The first-order valence-electron chi connectivity index (χ1n) is 10.0. The Bertz CT molecular complexity index is 778. The number of aromatic nitrogens is 2. The van der Waals surface area contributed by atoms with Crippen LogP contribution in [-0.4, -0.2) is 53.1 Å². The third-order valence-corrected chi connectivity index (χ3v) is 5.06. The third-order valence-electron chi connectivity index (χ3n) is 5.06. The van der Waals surface area contributed by atoms with Crippen molar-refractivity contribution in [3.05, 3.63) is 66.3 Å². The van der Waals surface area contributed by atoms with Gasteiger partial charge < -0.3 is 15.2 Å². The molecule has 6 nitrogen and oxygen atoms in total. The Balaban J connectivity index is 0.00000300. The van der Waals surface area contributed by atoms with Crippen LogP contribution in [0.1, 0.15) is 31.2 Å². The summed E-state index contributed by atoms with van der Waals surface area (Å²) in [7, 11) is 1.82. The van der Waals surface area contributed by atoms with Gasteiger partial charge in [-0.1, -0.05) is 42.5 Å². The van der Waals surface area contributed by atoms with Gasteiger partial charge in [0.25, 0.3) is 0 Å². The van der Waals surface area contributed by atoms with Gasteiger partial charge in [-0.2, -0.15) is 0 Å². The predicted octanol–water partition coefficient (Wildman–Crippen LogP) is 3.25. The molecule has 0 radical (unpaired) electrons. The van der Waals surface area contributed by atoms with Gasteiger partial charge in [-0.25, -0.2) is 4.98 Å². The summed E-state index contributed by atoms with van der Waals surface area (Å²) < 4.78 is 2.17. The van der Waals surface area contributed by atoms with Gasteiger partial charge >= 0.3 is 0 Å². The van der Waals surface area contributed by atoms with Crippen LogP contribution >= 0.6 is 24.0 Å². The standard InChI is InChI=1S/C22H32N6.HI/c1-18(2)16-27-12-9-20(10-13-27)26-22(23-3)25-15-21-24-11-14-28(21)17-19-7-5-4-6-8-19;/h4-8,11,14,20H,1,9-10,12-13,15-17H2,2-3H3,(H2,23,25,26);1H. The van der Waals surface area contributed by atoms with Gasteiger partial charge in [0.15, 0.2) is 5.96 Å². The van der Waals surface area contributed by atoms with E-state index in [2.05, 4.69) is 67.8 Å². The predicted molar refractivity (Wildman–Crippen MR) is 131 cm³/mol. The first-order valence-corrected chi connectivity index (χ1v) is 10.0. The number of hydrogen-bond acceptors (Lipinski definition) is 3. The van der Waals surface area contributed by atoms with Crippen LogP contribution < -0.4 is 10.6 Å². The number of rotatable bonds is 7. The van der Waals surface area contributed by atoms with E-state index >= 15 is 0 Å². The lowest BCUT2D eigenvalue weighted by Gasteiger charge is -2.33. The second-order valence-corrected chi connectivity index (χ2v) is 7.53. The highest BCUT2D eigenvalue weighted by molar-refractivity contribution is 14.0. The Kier molecular flexibility index (Phi) is 9.66. The zero-order valence-electron chi connectivity index (χ0n) is 17.5. The number of hydrogen-bond donors (Lipinski definition) is 2. The summed E-state index contributed by atoms with van der Waals surface area (Å²) in [6, 6.07) is 10.9. The highest BCUT2D eigenvalue weighted by atomic mass is 127. The molecule has 0 bridgehead atoms. The van der Waals surface area contributed by atoms with E-state index in [1.807, 2.05) is 25.5 Å². The summed E-state index contributed by atoms with van der Waals surface area (Å²) in [5.41, 5.74) is 2.50. The molecular weight excluding hydrogens is 475 g/mol. The number of guanidine groups is 1. The van der Waals surface area contributed by atoms with Crippen LogP contribution in [-0.2, 0) is 13.1 Å². The molecule has 7 heteroatoms. The molecule has 1 aromatic carbocycles. The van der Waals surface area contributed by atoms with Gasteiger partial charge in [-0.3, -0.25) is 9.89 Å². The molecule has 29 heavy (non-hydrogen) atoms. The molecule has 0 aliphatic carbocycles. The highest BCUT2D eigenvalue weighted by Gasteiger charge is 2.19. The van der Waals surface area contributed by atoms with Gasteiger partial charge in [-0.15, -0.1) is 24.0 Å². The Morgan fingerprint density at radius 2 is 1.97 bits per heavy atom. The van der Waals surface area contributed by atoms with Crippen molar-refractivity contribution in [2.24, 2.45) is 4.99 Å². The van der Waals surface area contributed by atoms with Crippen LogP contribution in [0.15, 0.2) is 59.9 Å². The Hall–Kier alpha value is -1.87. The fourth-order valence-corrected chi connectivity index (χ4v) is 3.60. The van der Waals surface area contributed by atoms with Crippen LogP contribution in [0, 0.1) is 0 Å². The monoisotopic (exact) mass is 508 g/mol. The largest absolute Gasteiger partial charge is 0.354 e. The van der Waals surface area contributed by atoms with Crippen LogP contribution in [0.25, 0.3) is 0 Å². The summed E-state index contributed by atoms with van der Waals surface area (Å²) in [5, 5.41) is 6.98. The molecule has 2 heterocycles. The Labute approximate surface area is 191 Å². The van der Waals surface area contributed by atoms with Gasteiger partial charge in [-0.05, 0) is 25.3 Å². The summed E-state index contributed by atoms with van der Waals surface area (Å²) in [4.78, 5) is 11.4. The fraction of sp³-hybridized carbons (Fsp3) is 0.455. The van der Waals surface area contributed by atoms with E-state index in [9.17, 15) is 0 Å². The lowest BCUT2D eigenvalue weighted by molar-refractivity contribution is 0.221. The molecule has 2 N–H and O–H groups in total. The van der Waals surface area contributed by atoms with Crippen molar-refractivity contribution in [1.82, 2.24) is 25.1 Å². The second kappa shape index (κ2) is 12.0. The lowest BCUT2D eigenvalue weighted by atomic mass is 10.0. The molecule has 1 aromatic heterocycles. The zero-order chi connectivity index (χ0) is 19.8. The number of nitrogens with zero attached hydrogens (tertiary/aromatic N) is 4.